The normalized spacial score (nSPS) is 10.7. The van der Waals surface area contributed by atoms with Crippen molar-refractivity contribution in [1.82, 2.24) is 4.98 Å². The Balaban J connectivity index is 1.85. The molecular formula is C18H13Cl3N2O3. The smallest absolute Gasteiger partial charge is 0.277 e. The van der Waals surface area contributed by atoms with Gasteiger partial charge in [-0.1, -0.05) is 34.8 Å². The summed E-state index contributed by atoms with van der Waals surface area (Å²) in [5.74, 6) is 0.259. The third-order valence-electron chi connectivity index (χ3n) is 3.63. The maximum atomic E-state index is 12.5. The molecule has 1 N–H and O–H groups in total. The number of amides is 1. The zero-order valence-electron chi connectivity index (χ0n) is 13.8. The molecule has 0 saturated heterocycles. The number of carbonyl (C=O) groups is 1. The average molecular weight is 412 g/mol. The Morgan fingerprint density at radius 3 is 2.58 bits per heavy atom. The maximum absolute atomic E-state index is 12.5. The molecule has 0 aliphatic rings. The first-order chi connectivity index (χ1) is 12.4. The van der Waals surface area contributed by atoms with E-state index in [4.69, 9.17) is 44.0 Å². The van der Waals surface area contributed by atoms with Crippen LogP contribution in [-0.2, 0) is 0 Å². The molecule has 0 atom stereocenters. The van der Waals surface area contributed by atoms with Crippen molar-refractivity contribution in [2.45, 2.75) is 6.92 Å². The first-order valence-corrected chi connectivity index (χ1v) is 8.59. The Morgan fingerprint density at radius 1 is 1.12 bits per heavy atom. The Hall–Kier alpha value is -2.21. The van der Waals surface area contributed by atoms with Gasteiger partial charge < -0.3 is 14.5 Å². The lowest BCUT2D eigenvalue weighted by atomic mass is 10.2. The number of hydrogen-bond acceptors (Lipinski definition) is 4. The van der Waals surface area contributed by atoms with Crippen molar-refractivity contribution >= 4 is 46.4 Å². The first-order valence-electron chi connectivity index (χ1n) is 7.45. The van der Waals surface area contributed by atoms with Gasteiger partial charge in [0, 0.05) is 16.7 Å². The minimum atomic E-state index is -0.444. The monoisotopic (exact) mass is 410 g/mol. The number of ether oxygens (including phenoxy) is 1. The van der Waals surface area contributed by atoms with Crippen LogP contribution < -0.4 is 10.1 Å². The van der Waals surface area contributed by atoms with E-state index >= 15 is 0 Å². The van der Waals surface area contributed by atoms with E-state index in [1.165, 1.54) is 13.4 Å². The number of methoxy groups -OCH3 is 1. The van der Waals surface area contributed by atoms with Crippen LogP contribution in [-0.4, -0.2) is 18.0 Å². The summed E-state index contributed by atoms with van der Waals surface area (Å²) in [5.41, 5.74) is 2.01. The molecule has 2 aromatic carbocycles. The van der Waals surface area contributed by atoms with Crippen molar-refractivity contribution < 1.29 is 13.9 Å². The third-order valence-corrected chi connectivity index (χ3v) is 4.78. The second kappa shape index (κ2) is 7.58. The van der Waals surface area contributed by atoms with Crippen molar-refractivity contribution in [3.63, 3.8) is 0 Å². The largest absolute Gasteiger partial charge is 0.495 e. The van der Waals surface area contributed by atoms with Gasteiger partial charge in [0.15, 0.2) is 5.69 Å². The van der Waals surface area contributed by atoms with Crippen LogP contribution in [0.25, 0.3) is 11.5 Å². The van der Waals surface area contributed by atoms with Crippen LogP contribution >= 0.6 is 34.8 Å². The lowest BCUT2D eigenvalue weighted by Crippen LogP contribution is -2.13. The molecule has 3 rings (SSSR count). The third kappa shape index (κ3) is 3.80. The van der Waals surface area contributed by atoms with Crippen LogP contribution in [0.4, 0.5) is 5.69 Å². The van der Waals surface area contributed by atoms with Gasteiger partial charge in [-0.25, -0.2) is 4.98 Å². The lowest BCUT2D eigenvalue weighted by molar-refractivity contribution is 0.102. The Kier molecular flexibility index (Phi) is 5.41. The number of oxazole rings is 1. The molecule has 0 aliphatic carbocycles. The topological polar surface area (TPSA) is 64.4 Å². The SMILES string of the molecule is COc1cc(Cl)c(C)cc1NC(=O)c1coc(-c2ccc(Cl)c(Cl)c2)n1. The van der Waals surface area contributed by atoms with Crippen LogP contribution in [0.5, 0.6) is 5.75 Å². The number of aryl methyl sites for hydroxylation is 1. The van der Waals surface area contributed by atoms with E-state index in [0.717, 1.165) is 5.56 Å². The van der Waals surface area contributed by atoms with E-state index in [1.54, 1.807) is 30.3 Å². The fourth-order valence-corrected chi connectivity index (χ4v) is 2.71. The Morgan fingerprint density at radius 2 is 1.88 bits per heavy atom. The average Bonchev–Trinajstić information content (AvgIpc) is 3.10. The van der Waals surface area contributed by atoms with Crippen LogP contribution in [0.2, 0.25) is 15.1 Å². The minimum absolute atomic E-state index is 0.112. The summed E-state index contributed by atoms with van der Waals surface area (Å²) in [7, 11) is 1.50. The van der Waals surface area contributed by atoms with E-state index in [0.29, 0.717) is 32.1 Å². The first kappa shape index (κ1) is 18.6. The number of halogens is 3. The summed E-state index contributed by atoms with van der Waals surface area (Å²) >= 11 is 18.0. The number of rotatable bonds is 4. The maximum Gasteiger partial charge on any atom is 0.277 e. The fraction of sp³-hybridized carbons (Fsp3) is 0.111. The molecule has 0 saturated carbocycles. The second-order valence-corrected chi connectivity index (χ2v) is 6.64. The molecule has 3 aromatic rings. The molecular weight excluding hydrogens is 399 g/mol. The van der Waals surface area contributed by atoms with E-state index in [-0.39, 0.29) is 11.6 Å². The highest BCUT2D eigenvalue weighted by atomic mass is 35.5. The van der Waals surface area contributed by atoms with Crippen molar-refractivity contribution in [1.29, 1.82) is 0 Å². The van der Waals surface area contributed by atoms with Crippen molar-refractivity contribution in [2.75, 3.05) is 12.4 Å². The fourth-order valence-electron chi connectivity index (χ4n) is 2.26. The zero-order valence-corrected chi connectivity index (χ0v) is 16.0. The number of anilines is 1. The molecule has 134 valence electrons. The number of carbonyl (C=O) groups excluding carboxylic acids is 1. The van der Waals surface area contributed by atoms with E-state index < -0.39 is 5.91 Å². The number of benzene rings is 2. The van der Waals surface area contributed by atoms with Crippen molar-refractivity contribution in [3.8, 4) is 17.2 Å². The molecule has 0 aliphatic heterocycles. The number of nitrogens with one attached hydrogen (secondary N) is 1. The summed E-state index contributed by atoms with van der Waals surface area (Å²) in [6.45, 7) is 1.83. The van der Waals surface area contributed by atoms with Crippen molar-refractivity contribution in [3.05, 3.63) is 62.9 Å². The van der Waals surface area contributed by atoms with Gasteiger partial charge in [-0.3, -0.25) is 4.79 Å². The molecule has 1 aromatic heterocycles. The number of hydrogen-bond donors (Lipinski definition) is 1. The van der Waals surface area contributed by atoms with Gasteiger partial charge in [-0.15, -0.1) is 0 Å². The molecule has 0 fully saturated rings. The molecule has 0 radical (unpaired) electrons. The quantitative estimate of drug-likeness (QED) is 0.583. The molecule has 0 spiro atoms. The highest BCUT2D eigenvalue weighted by Gasteiger charge is 2.17. The highest BCUT2D eigenvalue weighted by molar-refractivity contribution is 6.42. The predicted molar refractivity (Wildman–Crippen MR) is 103 cm³/mol. The van der Waals surface area contributed by atoms with Gasteiger partial charge in [-0.05, 0) is 36.8 Å². The standard InChI is InChI=1S/C18H13Cl3N2O3/c1-9-5-14(16(25-2)7-12(9)20)22-17(24)15-8-26-18(23-15)10-3-4-11(19)13(21)6-10/h3-8H,1-2H3,(H,22,24). The summed E-state index contributed by atoms with van der Waals surface area (Å²) in [5, 5.41) is 4.08. The number of nitrogens with zero attached hydrogens (tertiary/aromatic N) is 1. The Bertz CT molecular complexity index is 986. The summed E-state index contributed by atoms with van der Waals surface area (Å²) in [4.78, 5) is 16.7. The van der Waals surface area contributed by atoms with Crippen molar-refractivity contribution in [2.24, 2.45) is 0 Å². The van der Waals surface area contributed by atoms with Crippen LogP contribution in [0.1, 0.15) is 16.1 Å². The summed E-state index contributed by atoms with van der Waals surface area (Å²) in [6, 6.07) is 8.30. The zero-order chi connectivity index (χ0) is 18.8. The van der Waals surface area contributed by atoms with E-state index in [1.807, 2.05) is 6.92 Å². The number of aromatic nitrogens is 1. The lowest BCUT2D eigenvalue weighted by Gasteiger charge is -2.11. The molecule has 1 amide bonds. The summed E-state index contributed by atoms with van der Waals surface area (Å²) in [6.07, 6.45) is 1.27. The molecule has 0 bridgehead atoms. The van der Waals surface area contributed by atoms with Crippen LogP contribution in [0.3, 0.4) is 0 Å². The van der Waals surface area contributed by atoms with E-state index in [2.05, 4.69) is 10.3 Å². The van der Waals surface area contributed by atoms with Gasteiger partial charge in [-0.2, -0.15) is 0 Å². The van der Waals surface area contributed by atoms with Gasteiger partial charge in [0.2, 0.25) is 5.89 Å². The van der Waals surface area contributed by atoms with Gasteiger partial charge >= 0.3 is 0 Å². The van der Waals surface area contributed by atoms with Gasteiger partial charge in [0.1, 0.15) is 12.0 Å². The van der Waals surface area contributed by atoms with Gasteiger partial charge in [0.05, 0.1) is 22.8 Å². The van der Waals surface area contributed by atoms with Crippen LogP contribution in [0, 0.1) is 6.92 Å². The van der Waals surface area contributed by atoms with E-state index in [9.17, 15) is 4.79 Å². The highest BCUT2D eigenvalue weighted by Crippen LogP contribution is 2.32. The summed E-state index contributed by atoms with van der Waals surface area (Å²) < 4.78 is 10.6. The van der Waals surface area contributed by atoms with Crippen LogP contribution in [0.15, 0.2) is 41.0 Å². The molecule has 1 heterocycles. The molecule has 26 heavy (non-hydrogen) atoms. The predicted octanol–water partition coefficient (Wildman–Crippen LogP) is 5.87. The van der Waals surface area contributed by atoms with Gasteiger partial charge in [0.25, 0.3) is 5.91 Å². The molecule has 8 heteroatoms. The Labute approximate surface area is 164 Å². The molecule has 5 nitrogen and oxygen atoms in total. The minimum Gasteiger partial charge on any atom is -0.495 e. The molecule has 0 unspecified atom stereocenters. The second-order valence-electron chi connectivity index (χ2n) is 5.42.